The maximum Gasteiger partial charge on any atom is 0.243 e. The van der Waals surface area contributed by atoms with Gasteiger partial charge < -0.3 is 16.0 Å². The van der Waals surface area contributed by atoms with Gasteiger partial charge in [0.25, 0.3) is 0 Å². The van der Waals surface area contributed by atoms with Crippen molar-refractivity contribution in [2.75, 3.05) is 20.6 Å². The number of nitriles is 1. The topological polar surface area (TPSA) is 114 Å². The molecular formula is C24H35N5O3. The second-order valence-corrected chi connectivity index (χ2v) is 9.81. The van der Waals surface area contributed by atoms with Gasteiger partial charge in [0.05, 0.1) is 6.07 Å². The first kappa shape index (κ1) is 25.3. The summed E-state index contributed by atoms with van der Waals surface area (Å²) >= 11 is 0. The molecule has 0 aliphatic carbocycles. The molecule has 0 spiro atoms. The van der Waals surface area contributed by atoms with Gasteiger partial charge >= 0.3 is 0 Å². The van der Waals surface area contributed by atoms with Gasteiger partial charge in [-0.1, -0.05) is 51.1 Å². The predicted molar refractivity (Wildman–Crippen MR) is 122 cm³/mol. The van der Waals surface area contributed by atoms with Crippen LogP contribution in [0.2, 0.25) is 0 Å². The number of carbonyl (C=O) groups excluding carboxylic acids is 3. The Morgan fingerprint density at radius 1 is 1.19 bits per heavy atom. The van der Waals surface area contributed by atoms with E-state index in [9.17, 15) is 19.6 Å². The number of nitrogens with one attached hydrogen (secondary N) is 3. The summed E-state index contributed by atoms with van der Waals surface area (Å²) in [5.74, 6) is -1.07. The number of hydrogen-bond donors (Lipinski definition) is 3. The van der Waals surface area contributed by atoms with Gasteiger partial charge in [-0.3, -0.25) is 19.3 Å². The fraction of sp³-hybridized carbons (Fsp3) is 0.583. The number of rotatable bonds is 9. The summed E-state index contributed by atoms with van der Waals surface area (Å²) in [5, 5.41) is 17.9. The molecule has 8 nitrogen and oxygen atoms in total. The quantitative estimate of drug-likeness (QED) is 0.540. The molecule has 2 rings (SSSR count). The van der Waals surface area contributed by atoms with Gasteiger partial charge in [0.1, 0.15) is 18.1 Å². The van der Waals surface area contributed by atoms with Crippen molar-refractivity contribution in [2.24, 2.45) is 11.3 Å². The van der Waals surface area contributed by atoms with Crippen LogP contribution in [0.3, 0.4) is 0 Å². The minimum absolute atomic E-state index is 0.0873. The summed E-state index contributed by atoms with van der Waals surface area (Å²) in [5.41, 5.74) is 0.593. The van der Waals surface area contributed by atoms with Crippen LogP contribution in [0, 0.1) is 22.7 Å². The Morgan fingerprint density at radius 2 is 1.84 bits per heavy atom. The number of nitrogens with zero attached hydrogens (tertiary/aromatic N) is 2. The Balaban J connectivity index is 2.15. The van der Waals surface area contributed by atoms with Crippen molar-refractivity contribution >= 4 is 17.7 Å². The largest absolute Gasteiger partial charge is 0.356 e. The Morgan fingerprint density at radius 3 is 2.34 bits per heavy atom. The summed E-state index contributed by atoms with van der Waals surface area (Å²) in [6.07, 6.45) is 1.31. The normalized spacial score (nSPS) is 18.9. The lowest BCUT2D eigenvalue weighted by molar-refractivity contribution is -0.132. The number of carbonyl (C=O) groups is 3. The monoisotopic (exact) mass is 441 g/mol. The van der Waals surface area contributed by atoms with Crippen LogP contribution in [-0.2, 0) is 14.4 Å². The molecule has 1 aromatic carbocycles. The van der Waals surface area contributed by atoms with E-state index < -0.39 is 24.0 Å². The van der Waals surface area contributed by atoms with Crippen LogP contribution >= 0.6 is 0 Å². The van der Waals surface area contributed by atoms with Crippen LogP contribution in [0.25, 0.3) is 0 Å². The maximum atomic E-state index is 13.2. The molecule has 1 fully saturated rings. The Kier molecular flexibility index (Phi) is 8.79. The molecule has 1 saturated heterocycles. The molecule has 1 aliphatic heterocycles. The van der Waals surface area contributed by atoms with Crippen LogP contribution in [-0.4, -0.2) is 55.3 Å². The zero-order valence-corrected chi connectivity index (χ0v) is 19.6. The molecule has 3 N–H and O–H groups in total. The van der Waals surface area contributed by atoms with E-state index in [0.29, 0.717) is 19.4 Å². The van der Waals surface area contributed by atoms with Crippen molar-refractivity contribution in [3.05, 3.63) is 35.9 Å². The SMILES string of the molecule is CN(C)[C@@H](C(=O)N[C@@H](CC(C)(C)C)C(=O)N[C@H](C#N)C[C@@H]1CCNC1=O)c1ccccc1. The molecule has 0 aromatic heterocycles. The Labute approximate surface area is 190 Å². The molecule has 0 radical (unpaired) electrons. The van der Waals surface area contributed by atoms with Gasteiger partial charge in [0, 0.05) is 12.5 Å². The van der Waals surface area contributed by atoms with Crippen molar-refractivity contribution < 1.29 is 14.4 Å². The summed E-state index contributed by atoms with van der Waals surface area (Å²) < 4.78 is 0. The number of likely N-dealkylation sites (N-methyl/N-ethyl adjacent to an activating group) is 1. The lowest BCUT2D eigenvalue weighted by atomic mass is 9.87. The molecule has 32 heavy (non-hydrogen) atoms. The highest BCUT2D eigenvalue weighted by Gasteiger charge is 2.33. The smallest absolute Gasteiger partial charge is 0.243 e. The van der Waals surface area contributed by atoms with Crippen molar-refractivity contribution in [1.29, 1.82) is 5.26 Å². The predicted octanol–water partition coefficient (Wildman–Crippen LogP) is 1.74. The minimum Gasteiger partial charge on any atom is -0.356 e. The van der Waals surface area contributed by atoms with E-state index >= 15 is 0 Å². The Bertz CT molecular complexity index is 841. The van der Waals surface area contributed by atoms with Gasteiger partial charge in [-0.2, -0.15) is 5.26 Å². The van der Waals surface area contributed by atoms with E-state index in [4.69, 9.17) is 0 Å². The molecule has 4 atom stereocenters. The van der Waals surface area contributed by atoms with Crippen LogP contribution < -0.4 is 16.0 Å². The standard InChI is InChI=1S/C24H35N5O3/c1-24(2,3)14-19(22(31)27-18(15-25)13-17-11-12-26-21(17)30)28-23(32)20(29(4)5)16-9-7-6-8-10-16/h6-10,17-20H,11-14H2,1-5H3,(H,26,30)(H,27,31)(H,28,32)/t17-,18-,19-,20+/m0/s1. The van der Waals surface area contributed by atoms with Crippen LogP contribution in [0.15, 0.2) is 30.3 Å². The third kappa shape index (κ3) is 7.34. The maximum absolute atomic E-state index is 13.2. The molecule has 3 amide bonds. The summed E-state index contributed by atoms with van der Waals surface area (Å²) in [6, 6.07) is 9.31. The molecule has 8 heteroatoms. The third-order valence-electron chi connectivity index (χ3n) is 5.48. The first-order chi connectivity index (χ1) is 15.0. The number of amides is 3. The molecule has 0 bridgehead atoms. The fourth-order valence-electron chi connectivity index (χ4n) is 3.96. The fourth-order valence-corrected chi connectivity index (χ4v) is 3.96. The number of hydrogen-bond acceptors (Lipinski definition) is 5. The highest BCUT2D eigenvalue weighted by atomic mass is 16.2. The minimum atomic E-state index is -0.804. The Hall–Kier alpha value is -2.92. The van der Waals surface area contributed by atoms with E-state index in [1.54, 1.807) is 4.90 Å². The molecule has 1 aromatic rings. The molecule has 174 valence electrons. The molecule has 1 aliphatic rings. The zero-order valence-electron chi connectivity index (χ0n) is 19.6. The highest BCUT2D eigenvalue weighted by molar-refractivity contribution is 5.90. The van der Waals surface area contributed by atoms with Gasteiger partial charge in [-0.05, 0) is 44.3 Å². The first-order valence-electron chi connectivity index (χ1n) is 11.0. The average Bonchev–Trinajstić information content (AvgIpc) is 3.11. The van der Waals surface area contributed by atoms with Crippen molar-refractivity contribution in [2.45, 2.75) is 58.2 Å². The van der Waals surface area contributed by atoms with Crippen molar-refractivity contribution in [1.82, 2.24) is 20.9 Å². The lowest BCUT2D eigenvalue weighted by Gasteiger charge is -2.30. The summed E-state index contributed by atoms with van der Waals surface area (Å²) in [4.78, 5) is 40.0. The summed E-state index contributed by atoms with van der Waals surface area (Å²) in [6.45, 7) is 6.56. The van der Waals surface area contributed by atoms with E-state index in [2.05, 4.69) is 22.0 Å². The van der Waals surface area contributed by atoms with E-state index in [1.807, 2.05) is 65.2 Å². The summed E-state index contributed by atoms with van der Waals surface area (Å²) in [7, 11) is 3.63. The van der Waals surface area contributed by atoms with Gasteiger partial charge in [-0.15, -0.1) is 0 Å². The van der Waals surface area contributed by atoms with Gasteiger partial charge in [-0.25, -0.2) is 0 Å². The second kappa shape index (κ2) is 11.1. The molecule has 1 heterocycles. The lowest BCUT2D eigenvalue weighted by Crippen LogP contribution is -2.53. The van der Waals surface area contributed by atoms with Crippen LogP contribution in [0.1, 0.15) is 51.6 Å². The van der Waals surface area contributed by atoms with Gasteiger partial charge in [0.2, 0.25) is 17.7 Å². The van der Waals surface area contributed by atoms with Crippen molar-refractivity contribution in [3.8, 4) is 6.07 Å². The van der Waals surface area contributed by atoms with Crippen molar-refractivity contribution in [3.63, 3.8) is 0 Å². The van der Waals surface area contributed by atoms with E-state index in [1.165, 1.54) is 0 Å². The van der Waals surface area contributed by atoms with E-state index in [-0.39, 0.29) is 29.6 Å². The third-order valence-corrected chi connectivity index (χ3v) is 5.48. The average molecular weight is 442 g/mol. The van der Waals surface area contributed by atoms with E-state index in [0.717, 1.165) is 5.56 Å². The first-order valence-corrected chi connectivity index (χ1v) is 11.0. The van der Waals surface area contributed by atoms with Crippen LogP contribution in [0.4, 0.5) is 0 Å². The number of benzene rings is 1. The van der Waals surface area contributed by atoms with Gasteiger partial charge in [0.15, 0.2) is 0 Å². The molecular weight excluding hydrogens is 406 g/mol. The molecule has 0 unspecified atom stereocenters. The zero-order chi connectivity index (χ0) is 23.9. The van der Waals surface area contributed by atoms with Crippen LogP contribution in [0.5, 0.6) is 0 Å². The second-order valence-electron chi connectivity index (χ2n) is 9.81. The highest BCUT2D eigenvalue weighted by Crippen LogP contribution is 2.23. The molecule has 0 saturated carbocycles.